The zero-order valence-electron chi connectivity index (χ0n) is 16.0. The van der Waals surface area contributed by atoms with Gasteiger partial charge in [-0.1, -0.05) is 18.2 Å². The molecule has 1 saturated heterocycles. The molecule has 6 nitrogen and oxygen atoms in total. The minimum absolute atomic E-state index is 0.127. The van der Waals surface area contributed by atoms with Gasteiger partial charge in [0.15, 0.2) is 5.82 Å². The molecule has 3 heterocycles. The number of nitrogens with one attached hydrogen (secondary N) is 1. The van der Waals surface area contributed by atoms with Crippen LogP contribution in [0.15, 0.2) is 59.5 Å². The monoisotopic (exact) mass is 376 g/mol. The van der Waals surface area contributed by atoms with Gasteiger partial charge in [0.25, 0.3) is 5.56 Å². The number of H-pyrrole nitrogens is 1. The largest absolute Gasteiger partial charge is 0.497 e. The topological polar surface area (TPSA) is 71.1 Å². The summed E-state index contributed by atoms with van der Waals surface area (Å²) in [5.74, 6) is 1.65. The number of hydrogen-bond acceptors (Lipinski definition) is 5. The molecule has 0 radical (unpaired) electrons. The number of piperidine rings is 1. The van der Waals surface area contributed by atoms with Crippen molar-refractivity contribution in [3.8, 4) is 17.3 Å². The molecule has 0 unspecified atom stereocenters. The van der Waals surface area contributed by atoms with Gasteiger partial charge in [-0.05, 0) is 49.2 Å². The zero-order valence-corrected chi connectivity index (χ0v) is 16.0. The van der Waals surface area contributed by atoms with Crippen molar-refractivity contribution in [3.05, 3.63) is 76.3 Å². The van der Waals surface area contributed by atoms with E-state index < -0.39 is 0 Å². The summed E-state index contributed by atoms with van der Waals surface area (Å²) < 4.78 is 5.23. The lowest BCUT2D eigenvalue weighted by Gasteiger charge is -2.32. The molecule has 0 bridgehead atoms. The Hall–Kier alpha value is -2.99. The second-order valence-corrected chi connectivity index (χ2v) is 7.16. The summed E-state index contributed by atoms with van der Waals surface area (Å²) >= 11 is 0. The van der Waals surface area contributed by atoms with Crippen LogP contribution in [0.2, 0.25) is 0 Å². The molecule has 2 aromatic heterocycles. The highest BCUT2D eigenvalue weighted by Gasteiger charge is 2.23. The number of pyridine rings is 1. The number of likely N-dealkylation sites (tertiary alicyclic amines) is 1. The molecule has 0 spiro atoms. The first kappa shape index (κ1) is 18.4. The Bertz CT molecular complexity index is 970. The maximum Gasteiger partial charge on any atom is 0.251 e. The van der Waals surface area contributed by atoms with Crippen LogP contribution in [0.1, 0.15) is 30.0 Å². The van der Waals surface area contributed by atoms with Crippen molar-refractivity contribution in [2.45, 2.75) is 25.3 Å². The van der Waals surface area contributed by atoms with Crippen LogP contribution >= 0.6 is 0 Å². The third kappa shape index (κ3) is 4.28. The third-order valence-corrected chi connectivity index (χ3v) is 5.16. The van der Waals surface area contributed by atoms with Crippen molar-refractivity contribution < 1.29 is 4.74 Å². The Kier molecular flexibility index (Phi) is 5.48. The van der Waals surface area contributed by atoms with Gasteiger partial charge < -0.3 is 9.72 Å². The van der Waals surface area contributed by atoms with Crippen molar-refractivity contribution in [2.75, 3.05) is 20.2 Å². The van der Waals surface area contributed by atoms with Gasteiger partial charge in [-0.3, -0.25) is 14.7 Å². The van der Waals surface area contributed by atoms with Crippen LogP contribution in [0.25, 0.3) is 11.5 Å². The first-order valence-corrected chi connectivity index (χ1v) is 9.59. The van der Waals surface area contributed by atoms with E-state index in [1.165, 1.54) is 5.56 Å². The fourth-order valence-electron chi connectivity index (χ4n) is 3.74. The van der Waals surface area contributed by atoms with Gasteiger partial charge in [0, 0.05) is 31.3 Å². The number of aromatic nitrogens is 3. The summed E-state index contributed by atoms with van der Waals surface area (Å²) in [7, 11) is 1.68. The molecule has 1 aromatic carbocycles. The van der Waals surface area contributed by atoms with Crippen LogP contribution in [0.4, 0.5) is 0 Å². The Morgan fingerprint density at radius 3 is 2.82 bits per heavy atom. The molecule has 1 fully saturated rings. The summed E-state index contributed by atoms with van der Waals surface area (Å²) in [6.07, 6.45) is 3.84. The Balaban J connectivity index is 1.51. The lowest BCUT2D eigenvalue weighted by molar-refractivity contribution is 0.198. The van der Waals surface area contributed by atoms with Gasteiger partial charge in [-0.15, -0.1) is 0 Å². The predicted octanol–water partition coefficient (Wildman–Crippen LogP) is 3.22. The van der Waals surface area contributed by atoms with Crippen molar-refractivity contribution in [1.82, 2.24) is 19.9 Å². The number of methoxy groups -OCH3 is 1. The normalized spacial score (nSPS) is 17.4. The smallest absolute Gasteiger partial charge is 0.251 e. The standard InChI is InChI=1S/C22H24N4O2/c1-28-18-9-7-16(8-10-18)14-26-12-4-5-17(15-26)20-13-21(27)25-22(24-20)19-6-2-3-11-23-19/h2-3,6-11,13,17H,4-5,12,14-15H2,1H3,(H,24,25,27)/t17-/m0/s1. The third-order valence-electron chi connectivity index (χ3n) is 5.16. The van der Waals surface area contributed by atoms with E-state index in [2.05, 4.69) is 27.0 Å². The number of ether oxygens (including phenoxy) is 1. The maximum atomic E-state index is 12.2. The van der Waals surface area contributed by atoms with Crippen LogP contribution in [0, 0.1) is 0 Å². The molecule has 4 rings (SSSR count). The van der Waals surface area contributed by atoms with Gasteiger partial charge in [0.1, 0.15) is 11.4 Å². The lowest BCUT2D eigenvalue weighted by atomic mass is 9.94. The van der Waals surface area contributed by atoms with Gasteiger partial charge in [0.05, 0.1) is 12.8 Å². The minimum atomic E-state index is -0.127. The van der Waals surface area contributed by atoms with Crippen molar-refractivity contribution in [1.29, 1.82) is 0 Å². The molecule has 1 aliphatic heterocycles. The van der Waals surface area contributed by atoms with Crippen LogP contribution < -0.4 is 10.3 Å². The molecule has 144 valence electrons. The van der Waals surface area contributed by atoms with E-state index in [0.717, 1.165) is 43.9 Å². The maximum absolute atomic E-state index is 12.2. The van der Waals surface area contributed by atoms with Gasteiger partial charge in [-0.25, -0.2) is 4.98 Å². The highest BCUT2D eigenvalue weighted by atomic mass is 16.5. The van der Waals surface area contributed by atoms with E-state index in [1.807, 2.05) is 30.3 Å². The van der Waals surface area contributed by atoms with Crippen LogP contribution in [0.5, 0.6) is 5.75 Å². The summed E-state index contributed by atoms with van der Waals surface area (Å²) in [6, 6.07) is 15.4. The van der Waals surface area contributed by atoms with Crippen LogP contribution in [0.3, 0.4) is 0 Å². The molecule has 3 aromatic rings. The SMILES string of the molecule is COc1ccc(CN2CCC[C@H](c3cc(=O)[nH]c(-c4ccccn4)n3)C2)cc1. The lowest BCUT2D eigenvalue weighted by Crippen LogP contribution is -2.34. The quantitative estimate of drug-likeness (QED) is 0.740. The number of hydrogen-bond donors (Lipinski definition) is 1. The van der Waals surface area contributed by atoms with Crippen LogP contribution in [-0.4, -0.2) is 40.1 Å². The minimum Gasteiger partial charge on any atom is -0.497 e. The summed E-state index contributed by atoms with van der Waals surface area (Å²) in [5.41, 5.74) is 2.67. The molecule has 1 aliphatic rings. The average Bonchev–Trinajstić information content (AvgIpc) is 2.75. The van der Waals surface area contributed by atoms with E-state index >= 15 is 0 Å². The summed E-state index contributed by atoms with van der Waals surface area (Å²) in [4.78, 5) is 26.5. The molecular weight excluding hydrogens is 352 g/mol. The Morgan fingerprint density at radius 2 is 2.07 bits per heavy atom. The number of aromatic amines is 1. The fourth-order valence-corrected chi connectivity index (χ4v) is 3.74. The van der Waals surface area contributed by atoms with Crippen molar-refractivity contribution in [2.24, 2.45) is 0 Å². The molecule has 1 atom stereocenters. The highest BCUT2D eigenvalue weighted by molar-refractivity contribution is 5.48. The number of nitrogens with zero attached hydrogens (tertiary/aromatic N) is 3. The second-order valence-electron chi connectivity index (χ2n) is 7.16. The molecule has 28 heavy (non-hydrogen) atoms. The molecular formula is C22H24N4O2. The van der Waals surface area contributed by atoms with E-state index in [4.69, 9.17) is 9.72 Å². The zero-order chi connectivity index (χ0) is 19.3. The molecule has 6 heteroatoms. The van der Waals surface area contributed by atoms with Crippen molar-refractivity contribution >= 4 is 0 Å². The van der Waals surface area contributed by atoms with Gasteiger partial charge >= 0.3 is 0 Å². The predicted molar refractivity (Wildman–Crippen MR) is 108 cm³/mol. The summed E-state index contributed by atoms with van der Waals surface area (Å²) in [5, 5.41) is 0. The molecule has 0 aliphatic carbocycles. The average molecular weight is 376 g/mol. The number of rotatable bonds is 5. The van der Waals surface area contributed by atoms with E-state index in [-0.39, 0.29) is 11.5 Å². The first-order valence-electron chi connectivity index (χ1n) is 9.59. The second kappa shape index (κ2) is 8.35. The molecule has 0 amide bonds. The number of benzene rings is 1. The Labute approximate surface area is 164 Å². The highest BCUT2D eigenvalue weighted by Crippen LogP contribution is 2.27. The summed E-state index contributed by atoms with van der Waals surface area (Å²) in [6.45, 7) is 2.83. The van der Waals surface area contributed by atoms with Crippen LogP contribution in [-0.2, 0) is 6.54 Å². The fraction of sp³-hybridized carbons (Fsp3) is 0.318. The van der Waals surface area contributed by atoms with E-state index in [9.17, 15) is 4.79 Å². The van der Waals surface area contributed by atoms with E-state index in [0.29, 0.717) is 11.5 Å². The van der Waals surface area contributed by atoms with Gasteiger partial charge in [0.2, 0.25) is 0 Å². The molecule has 0 saturated carbocycles. The van der Waals surface area contributed by atoms with Crippen molar-refractivity contribution in [3.63, 3.8) is 0 Å². The van der Waals surface area contributed by atoms with E-state index in [1.54, 1.807) is 19.4 Å². The van der Waals surface area contributed by atoms with Gasteiger partial charge in [-0.2, -0.15) is 0 Å². The Morgan fingerprint density at radius 1 is 1.21 bits per heavy atom. The first-order chi connectivity index (χ1) is 13.7. The molecule has 1 N–H and O–H groups in total.